The second kappa shape index (κ2) is 6.87. The van der Waals surface area contributed by atoms with Gasteiger partial charge in [0, 0.05) is 17.7 Å². The monoisotopic (exact) mass is 322 g/mol. The molecule has 0 aliphatic rings. The van der Waals surface area contributed by atoms with E-state index in [-0.39, 0.29) is 5.91 Å². The van der Waals surface area contributed by atoms with Crippen LogP contribution in [0.25, 0.3) is 22.6 Å². The number of carbonyl (C=O) groups is 1. The smallest absolute Gasteiger partial charge is 0.227 e. The number of oxazole rings is 1. The number of anilines is 1. The standard InChI is InChI=1S/C20H22N2O2/c1-4-14-5-10-18-17(12-14)22-20(24-18)15-6-8-16(9-7-15)21-19(23)11-13(2)3/h5-10,12-13H,4,11H2,1-3H3,(H,21,23). The lowest BCUT2D eigenvalue weighted by Gasteiger charge is -2.07. The predicted molar refractivity (Wildman–Crippen MR) is 96.9 cm³/mol. The number of rotatable bonds is 5. The molecule has 0 saturated carbocycles. The van der Waals surface area contributed by atoms with Crippen LogP contribution in [-0.2, 0) is 11.2 Å². The van der Waals surface area contributed by atoms with Crippen molar-refractivity contribution in [2.45, 2.75) is 33.6 Å². The Morgan fingerprint density at radius 3 is 2.58 bits per heavy atom. The summed E-state index contributed by atoms with van der Waals surface area (Å²) in [7, 11) is 0. The number of aryl methyl sites for hydroxylation is 1. The van der Waals surface area contributed by atoms with Crippen molar-refractivity contribution in [1.82, 2.24) is 4.98 Å². The van der Waals surface area contributed by atoms with Gasteiger partial charge >= 0.3 is 0 Å². The topological polar surface area (TPSA) is 55.1 Å². The lowest BCUT2D eigenvalue weighted by molar-refractivity contribution is -0.116. The molecule has 0 aliphatic carbocycles. The summed E-state index contributed by atoms with van der Waals surface area (Å²) in [5.41, 5.74) is 4.58. The summed E-state index contributed by atoms with van der Waals surface area (Å²) in [5.74, 6) is 0.974. The summed E-state index contributed by atoms with van der Waals surface area (Å²) in [6.07, 6.45) is 1.50. The van der Waals surface area contributed by atoms with E-state index in [4.69, 9.17) is 4.42 Å². The van der Waals surface area contributed by atoms with Crippen molar-refractivity contribution in [2.24, 2.45) is 5.92 Å². The van der Waals surface area contributed by atoms with Crippen LogP contribution in [0.3, 0.4) is 0 Å². The van der Waals surface area contributed by atoms with Crippen LogP contribution in [0.4, 0.5) is 5.69 Å². The Bertz CT molecular complexity index is 848. The molecule has 24 heavy (non-hydrogen) atoms. The molecule has 1 heterocycles. The van der Waals surface area contributed by atoms with Crippen LogP contribution in [0.2, 0.25) is 0 Å². The van der Waals surface area contributed by atoms with Crippen LogP contribution >= 0.6 is 0 Å². The number of benzene rings is 2. The lowest BCUT2D eigenvalue weighted by atomic mass is 10.1. The zero-order valence-electron chi connectivity index (χ0n) is 14.3. The van der Waals surface area contributed by atoms with Crippen molar-refractivity contribution in [3.63, 3.8) is 0 Å². The minimum Gasteiger partial charge on any atom is -0.436 e. The molecular formula is C20H22N2O2. The maximum atomic E-state index is 11.8. The van der Waals surface area contributed by atoms with E-state index in [0.717, 1.165) is 28.8 Å². The summed E-state index contributed by atoms with van der Waals surface area (Å²) < 4.78 is 5.83. The Kier molecular flexibility index (Phi) is 4.65. The largest absolute Gasteiger partial charge is 0.436 e. The molecule has 0 radical (unpaired) electrons. The highest BCUT2D eigenvalue weighted by Gasteiger charge is 2.10. The molecule has 1 N–H and O–H groups in total. The van der Waals surface area contributed by atoms with Crippen LogP contribution in [0.15, 0.2) is 46.9 Å². The molecule has 1 aromatic heterocycles. The van der Waals surface area contributed by atoms with Crippen molar-refractivity contribution in [3.05, 3.63) is 48.0 Å². The third-order valence-electron chi connectivity index (χ3n) is 3.87. The number of amides is 1. The number of nitrogens with one attached hydrogen (secondary N) is 1. The average molecular weight is 322 g/mol. The quantitative estimate of drug-likeness (QED) is 0.716. The summed E-state index contributed by atoms with van der Waals surface area (Å²) in [4.78, 5) is 16.4. The highest BCUT2D eigenvalue weighted by Crippen LogP contribution is 2.26. The molecule has 4 heteroatoms. The number of aromatic nitrogens is 1. The van der Waals surface area contributed by atoms with Crippen molar-refractivity contribution in [3.8, 4) is 11.5 Å². The third kappa shape index (κ3) is 3.65. The fourth-order valence-electron chi connectivity index (χ4n) is 2.60. The zero-order chi connectivity index (χ0) is 17.1. The van der Waals surface area contributed by atoms with E-state index in [1.807, 2.05) is 44.2 Å². The molecule has 0 saturated heterocycles. The summed E-state index contributed by atoms with van der Waals surface area (Å²) >= 11 is 0. The maximum Gasteiger partial charge on any atom is 0.227 e. The minimum absolute atomic E-state index is 0.0340. The van der Waals surface area contributed by atoms with E-state index in [1.54, 1.807) is 0 Å². The highest BCUT2D eigenvalue weighted by atomic mass is 16.3. The Labute approximate surface area is 141 Å². The van der Waals surface area contributed by atoms with E-state index in [9.17, 15) is 4.79 Å². The van der Waals surface area contributed by atoms with Gasteiger partial charge in [-0.05, 0) is 54.3 Å². The molecule has 2 aromatic carbocycles. The van der Waals surface area contributed by atoms with E-state index in [0.29, 0.717) is 18.2 Å². The van der Waals surface area contributed by atoms with Gasteiger partial charge in [0.25, 0.3) is 0 Å². The summed E-state index contributed by atoms with van der Waals surface area (Å²) in [5, 5.41) is 2.90. The Morgan fingerprint density at radius 1 is 1.17 bits per heavy atom. The lowest BCUT2D eigenvalue weighted by Crippen LogP contribution is -2.13. The van der Waals surface area contributed by atoms with Gasteiger partial charge in [0.1, 0.15) is 5.52 Å². The van der Waals surface area contributed by atoms with Crippen LogP contribution in [0.1, 0.15) is 32.8 Å². The minimum atomic E-state index is 0.0340. The fourth-order valence-corrected chi connectivity index (χ4v) is 2.60. The number of nitrogens with zero attached hydrogens (tertiary/aromatic N) is 1. The second-order valence-corrected chi connectivity index (χ2v) is 6.40. The molecular weight excluding hydrogens is 300 g/mol. The fraction of sp³-hybridized carbons (Fsp3) is 0.300. The number of fused-ring (bicyclic) bond motifs is 1. The highest BCUT2D eigenvalue weighted by molar-refractivity contribution is 5.91. The molecule has 0 fully saturated rings. The van der Waals surface area contributed by atoms with Crippen molar-refractivity contribution >= 4 is 22.7 Å². The Morgan fingerprint density at radius 2 is 1.92 bits per heavy atom. The maximum absolute atomic E-state index is 11.8. The first-order valence-electron chi connectivity index (χ1n) is 8.35. The SMILES string of the molecule is CCc1ccc2oc(-c3ccc(NC(=O)CC(C)C)cc3)nc2c1. The van der Waals surface area contributed by atoms with Gasteiger partial charge in [0.2, 0.25) is 11.8 Å². The second-order valence-electron chi connectivity index (χ2n) is 6.40. The third-order valence-corrected chi connectivity index (χ3v) is 3.87. The van der Waals surface area contributed by atoms with Gasteiger partial charge < -0.3 is 9.73 Å². The van der Waals surface area contributed by atoms with E-state index >= 15 is 0 Å². The van der Waals surface area contributed by atoms with E-state index in [2.05, 4.69) is 29.4 Å². The first kappa shape index (κ1) is 16.2. The van der Waals surface area contributed by atoms with Crippen molar-refractivity contribution in [1.29, 1.82) is 0 Å². The van der Waals surface area contributed by atoms with Crippen LogP contribution < -0.4 is 5.32 Å². The molecule has 3 rings (SSSR count). The molecule has 3 aromatic rings. The van der Waals surface area contributed by atoms with Gasteiger partial charge in [-0.15, -0.1) is 0 Å². The van der Waals surface area contributed by atoms with Gasteiger partial charge in [0.15, 0.2) is 5.58 Å². The molecule has 124 valence electrons. The Balaban J connectivity index is 1.79. The first-order chi connectivity index (χ1) is 11.5. The number of hydrogen-bond acceptors (Lipinski definition) is 3. The van der Waals surface area contributed by atoms with Gasteiger partial charge in [0.05, 0.1) is 0 Å². The molecule has 1 amide bonds. The van der Waals surface area contributed by atoms with E-state index < -0.39 is 0 Å². The van der Waals surface area contributed by atoms with Gasteiger partial charge in [-0.3, -0.25) is 4.79 Å². The van der Waals surface area contributed by atoms with Crippen LogP contribution in [-0.4, -0.2) is 10.9 Å². The molecule has 0 bridgehead atoms. The molecule has 0 aliphatic heterocycles. The van der Waals surface area contributed by atoms with Crippen LogP contribution in [0, 0.1) is 5.92 Å². The molecule has 0 unspecified atom stereocenters. The van der Waals surface area contributed by atoms with Crippen LogP contribution in [0.5, 0.6) is 0 Å². The average Bonchev–Trinajstić information content (AvgIpc) is 2.97. The normalized spacial score (nSPS) is 11.2. The number of hydrogen-bond donors (Lipinski definition) is 1. The predicted octanol–water partition coefficient (Wildman–Crippen LogP) is 5.04. The van der Waals surface area contributed by atoms with Gasteiger partial charge in [-0.25, -0.2) is 4.98 Å². The van der Waals surface area contributed by atoms with E-state index in [1.165, 1.54) is 5.56 Å². The molecule has 0 spiro atoms. The Hall–Kier alpha value is -2.62. The number of carbonyl (C=O) groups excluding carboxylic acids is 1. The zero-order valence-corrected chi connectivity index (χ0v) is 14.3. The van der Waals surface area contributed by atoms with Crippen molar-refractivity contribution in [2.75, 3.05) is 5.32 Å². The molecule has 4 nitrogen and oxygen atoms in total. The summed E-state index contributed by atoms with van der Waals surface area (Å²) in [6.45, 7) is 6.17. The molecule has 0 atom stereocenters. The van der Waals surface area contributed by atoms with Gasteiger partial charge in [-0.1, -0.05) is 26.8 Å². The first-order valence-corrected chi connectivity index (χ1v) is 8.35. The van der Waals surface area contributed by atoms with Crippen molar-refractivity contribution < 1.29 is 9.21 Å². The van der Waals surface area contributed by atoms with Gasteiger partial charge in [-0.2, -0.15) is 0 Å². The summed E-state index contributed by atoms with van der Waals surface area (Å²) in [6, 6.07) is 13.7.